The molecule has 1 aromatic carbocycles. The SMILES string of the molecule is C[c-]1cccc1.[Ce]. The zero-order valence-corrected chi connectivity index (χ0v) is 7.45. The van der Waals surface area contributed by atoms with E-state index in [2.05, 4.69) is 19.1 Å². The van der Waals surface area contributed by atoms with Gasteiger partial charge in [0.15, 0.2) is 0 Å². The van der Waals surface area contributed by atoms with Gasteiger partial charge in [0.05, 0.1) is 0 Å². The minimum atomic E-state index is 0. The summed E-state index contributed by atoms with van der Waals surface area (Å²) >= 11 is 0. The van der Waals surface area contributed by atoms with Gasteiger partial charge in [0, 0.05) is 41.7 Å². The summed E-state index contributed by atoms with van der Waals surface area (Å²) in [5.41, 5.74) is 1.34. The van der Waals surface area contributed by atoms with Gasteiger partial charge in [0.25, 0.3) is 0 Å². The Hall–Kier alpha value is 0.727. The topological polar surface area (TPSA) is 0 Å². The van der Waals surface area contributed by atoms with Crippen LogP contribution >= 0.6 is 0 Å². The van der Waals surface area contributed by atoms with E-state index >= 15 is 0 Å². The first kappa shape index (κ1) is 7.73. The molecule has 0 bridgehead atoms. The molecular formula is C6H7Ce-. The maximum absolute atomic E-state index is 2.08. The molecular weight excluding hydrogens is 212 g/mol. The number of aryl methyl sites for hydroxylation is 1. The molecule has 0 amide bonds. The monoisotopic (exact) mass is 219 g/mol. The molecule has 0 spiro atoms. The summed E-state index contributed by atoms with van der Waals surface area (Å²) in [6.07, 6.45) is 0. The summed E-state index contributed by atoms with van der Waals surface area (Å²) in [6, 6.07) is 8.24. The first-order valence-electron chi connectivity index (χ1n) is 2.08. The zero-order valence-electron chi connectivity index (χ0n) is 4.31. The van der Waals surface area contributed by atoms with Crippen LogP contribution in [-0.2, 0) is 0 Å². The molecule has 0 aromatic heterocycles. The smallest absolute Gasteiger partial charge is 0 e. The van der Waals surface area contributed by atoms with Crippen LogP contribution in [0, 0.1) is 48.7 Å². The molecule has 1 aromatic rings. The number of hydrogen-bond donors (Lipinski definition) is 0. The largest absolute Gasteiger partial charge is 0.213 e. The predicted octanol–water partition coefficient (Wildman–Crippen LogP) is 1.71. The van der Waals surface area contributed by atoms with E-state index in [1.165, 1.54) is 5.56 Å². The molecule has 0 radical (unpaired) electrons. The molecule has 36 valence electrons. The molecule has 0 saturated carbocycles. The zero-order chi connectivity index (χ0) is 4.41. The molecule has 0 nitrogen and oxygen atoms in total. The average molecular weight is 219 g/mol. The van der Waals surface area contributed by atoms with Crippen LogP contribution < -0.4 is 0 Å². The van der Waals surface area contributed by atoms with E-state index in [1.54, 1.807) is 0 Å². The van der Waals surface area contributed by atoms with Gasteiger partial charge in [0.1, 0.15) is 0 Å². The van der Waals surface area contributed by atoms with E-state index in [9.17, 15) is 0 Å². The first-order chi connectivity index (χ1) is 2.89. The third-order valence-electron chi connectivity index (χ3n) is 0.829. The van der Waals surface area contributed by atoms with Crippen LogP contribution in [0.4, 0.5) is 0 Å². The van der Waals surface area contributed by atoms with E-state index in [4.69, 9.17) is 0 Å². The molecule has 0 aliphatic heterocycles. The van der Waals surface area contributed by atoms with E-state index < -0.39 is 0 Å². The summed E-state index contributed by atoms with van der Waals surface area (Å²) in [7, 11) is 0. The Morgan fingerprint density at radius 2 is 1.57 bits per heavy atom. The van der Waals surface area contributed by atoms with Crippen molar-refractivity contribution >= 4 is 0 Å². The minimum Gasteiger partial charge on any atom is -0.213 e. The fraction of sp³-hybridized carbons (Fsp3) is 0.167. The van der Waals surface area contributed by atoms with Crippen molar-refractivity contribution < 1.29 is 41.7 Å². The van der Waals surface area contributed by atoms with Crippen molar-refractivity contribution in [3.63, 3.8) is 0 Å². The Kier molecular flexibility index (Phi) is 4.08. The van der Waals surface area contributed by atoms with Gasteiger partial charge in [-0.3, -0.25) is 0 Å². The predicted molar refractivity (Wildman–Crippen MR) is 26.8 cm³/mol. The average Bonchev–Trinajstić information content (AvgIpc) is 1.86. The maximum atomic E-state index is 2.08. The Labute approximate surface area is 77.7 Å². The van der Waals surface area contributed by atoms with Crippen molar-refractivity contribution in [2.24, 2.45) is 0 Å². The Morgan fingerprint density at radius 1 is 1.14 bits per heavy atom. The standard InChI is InChI=1S/C6H7.Ce/c1-6-4-2-3-5-6;/h2-5H,1H3;/q-1;. The Balaban J connectivity index is 0.000000360. The molecule has 0 unspecified atom stereocenters. The van der Waals surface area contributed by atoms with E-state index in [0.717, 1.165) is 0 Å². The molecule has 0 N–H and O–H groups in total. The summed E-state index contributed by atoms with van der Waals surface area (Å²) < 4.78 is 0. The summed E-state index contributed by atoms with van der Waals surface area (Å²) in [5.74, 6) is 0. The van der Waals surface area contributed by atoms with Crippen LogP contribution in [0.25, 0.3) is 0 Å². The molecule has 0 fully saturated rings. The fourth-order valence-corrected chi connectivity index (χ4v) is 0.470. The third kappa shape index (κ3) is 2.52. The van der Waals surface area contributed by atoms with Gasteiger partial charge >= 0.3 is 0 Å². The second kappa shape index (κ2) is 3.70. The quantitative estimate of drug-likeness (QED) is 0.583. The minimum absolute atomic E-state index is 0. The third-order valence-corrected chi connectivity index (χ3v) is 0.829. The van der Waals surface area contributed by atoms with Gasteiger partial charge in [-0.15, -0.1) is 0 Å². The van der Waals surface area contributed by atoms with Crippen molar-refractivity contribution in [1.29, 1.82) is 0 Å². The maximum Gasteiger partial charge on any atom is 0 e. The van der Waals surface area contributed by atoms with Crippen molar-refractivity contribution in [3.05, 3.63) is 29.8 Å². The molecule has 1 rings (SSSR count). The molecule has 7 heavy (non-hydrogen) atoms. The molecule has 0 aliphatic rings. The van der Waals surface area contributed by atoms with Gasteiger partial charge in [-0.25, -0.2) is 12.1 Å². The normalized spacial score (nSPS) is 7.57. The van der Waals surface area contributed by atoms with Gasteiger partial charge in [0.2, 0.25) is 0 Å². The molecule has 0 saturated heterocycles. The van der Waals surface area contributed by atoms with E-state index in [1.807, 2.05) is 12.1 Å². The fourth-order valence-electron chi connectivity index (χ4n) is 0.470. The molecule has 0 atom stereocenters. The summed E-state index contributed by atoms with van der Waals surface area (Å²) in [5, 5.41) is 0. The van der Waals surface area contributed by atoms with Gasteiger partial charge in [-0.1, -0.05) is 6.92 Å². The second-order valence-corrected chi connectivity index (χ2v) is 1.46. The van der Waals surface area contributed by atoms with Crippen LogP contribution in [-0.4, -0.2) is 0 Å². The van der Waals surface area contributed by atoms with Crippen LogP contribution in [0.15, 0.2) is 24.3 Å². The first-order valence-corrected chi connectivity index (χ1v) is 2.08. The van der Waals surface area contributed by atoms with Gasteiger partial charge < -0.3 is 0 Å². The second-order valence-electron chi connectivity index (χ2n) is 1.46. The molecule has 0 aliphatic carbocycles. The van der Waals surface area contributed by atoms with Gasteiger partial charge in [-0.05, 0) is 0 Å². The summed E-state index contributed by atoms with van der Waals surface area (Å²) in [4.78, 5) is 0. The number of rotatable bonds is 0. The van der Waals surface area contributed by atoms with Crippen LogP contribution in [0.1, 0.15) is 5.56 Å². The van der Waals surface area contributed by atoms with Crippen molar-refractivity contribution in [2.75, 3.05) is 0 Å². The van der Waals surface area contributed by atoms with E-state index in [-0.39, 0.29) is 41.7 Å². The van der Waals surface area contributed by atoms with Crippen LogP contribution in [0.5, 0.6) is 0 Å². The summed E-state index contributed by atoms with van der Waals surface area (Å²) in [6.45, 7) is 2.08. The Morgan fingerprint density at radius 3 is 1.71 bits per heavy atom. The van der Waals surface area contributed by atoms with E-state index in [0.29, 0.717) is 0 Å². The van der Waals surface area contributed by atoms with Crippen molar-refractivity contribution in [2.45, 2.75) is 6.92 Å². The number of hydrogen-bond acceptors (Lipinski definition) is 0. The molecule has 1 heteroatoms. The van der Waals surface area contributed by atoms with Gasteiger partial charge in [-0.2, -0.15) is 17.7 Å². The molecule has 0 heterocycles. The van der Waals surface area contributed by atoms with Crippen molar-refractivity contribution in [1.82, 2.24) is 0 Å². The van der Waals surface area contributed by atoms with Crippen LogP contribution in [0.3, 0.4) is 0 Å². The Bertz CT molecular complexity index is 108. The van der Waals surface area contributed by atoms with Crippen LogP contribution in [0.2, 0.25) is 0 Å². The van der Waals surface area contributed by atoms with Crippen molar-refractivity contribution in [3.8, 4) is 0 Å².